The van der Waals surface area contributed by atoms with Gasteiger partial charge in [-0.15, -0.1) is 11.8 Å². The van der Waals surface area contributed by atoms with Crippen LogP contribution in [-0.4, -0.2) is 21.8 Å². The van der Waals surface area contributed by atoms with E-state index in [1.54, 1.807) is 12.3 Å². The highest BCUT2D eigenvalue weighted by Gasteiger charge is 2.15. The number of fused-ring (bicyclic) bond motifs is 1. The van der Waals surface area contributed by atoms with Gasteiger partial charge in [0.2, 0.25) is 0 Å². The number of nitrogens with zero attached hydrogens (tertiary/aromatic N) is 2. The fraction of sp³-hybridized carbons (Fsp3) is 0.208. The van der Waals surface area contributed by atoms with E-state index >= 15 is 0 Å². The van der Waals surface area contributed by atoms with E-state index in [0.717, 1.165) is 30.8 Å². The summed E-state index contributed by atoms with van der Waals surface area (Å²) in [6.45, 7) is 1.66. The van der Waals surface area contributed by atoms with Crippen molar-refractivity contribution in [3.8, 4) is 0 Å². The van der Waals surface area contributed by atoms with E-state index in [0.29, 0.717) is 10.0 Å². The lowest BCUT2D eigenvalue weighted by Crippen LogP contribution is -2.27. The predicted molar refractivity (Wildman–Crippen MR) is 129 cm³/mol. The van der Waals surface area contributed by atoms with Gasteiger partial charge < -0.3 is 9.88 Å². The second-order valence-electron chi connectivity index (χ2n) is 7.14. The van der Waals surface area contributed by atoms with Crippen molar-refractivity contribution in [1.29, 1.82) is 0 Å². The van der Waals surface area contributed by atoms with E-state index in [1.807, 2.05) is 36.4 Å². The van der Waals surface area contributed by atoms with Crippen LogP contribution >= 0.6 is 35.0 Å². The Hall–Kier alpha value is -1.98. The number of nitrogens with one attached hydrogen (secondary N) is 1. The third-order valence-electron chi connectivity index (χ3n) is 4.99. The fourth-order valence-electron chi connectivity index (χ4n) is 3.46. The molecule has 3 nitrogen and oxygen atoms in total. The first-order valence-corrected chi connectivity index (χ1v) is 11.7. The summed E-state index contributed by atoms with van der Waals surface area (Å²) < 4.78 is 2.06. The first kappa shape index (κ1) is 21.3. The predicted octanol–water partition coefficient (Wildman–Crippen LogP) is 6.86. The molecule has 0 amide bonds. The number of benzene rings is 3. The number of aromatic nitrogens is 2. The number of thioether (sulfide) groups is 1. The number of hydrogen-bond donors (Lipinski definition) is 1. The highest BCUT2D eigenvalue weighted by atomic mass is 35.5. The zero-order valence-corrected chi connectivity index (χ0v) is 18.8. The lowest BCUT2D eigenvalue weighted by molar-refractivity contribution is 0.464. The summed E-state index contributed by atoms with van der Waals surface area (Å²) in [6, 6.07) is 20.9. The molecule has 4 rings (SSSR count). The van der Waals surface area contributed by atoms with Gasteiger partial charge >= 0.3 is 0 Å². The third kappa shape index (κ3) is 5.58. The summed E-state index contributed by atoms with van der Waals surface area (Å²) >= 11 is 14.5. The Morgan fingerprint density at radius 1 is 1.00 bits per heavy atom. The van der Waals surface area contributed by atoms with Gasteiger partial charge in [0.1, 0.15) is 0 Å². The van der Waals surface area contributed by atoms with Gasteiger partial charge in [-0.05, 0) is 59.3 Å². The van der Waals surface area contributed by atoms with E-state index in [-0.39, 0.29) is 6.04 Å². The Kier molecular flexibility index (Phi) is 7.34. The number of imidazole rings is 1. The highest BCUT2D eigenvalue weighted by molar-refractivity contribution is 7.99. The van der Waals surface area contributed by atoms with Gasteiger partial charge in [0.25, 0.3) is 0 Å². The molecule has 0 aliphatic rings. The number of halogens is 2. The first-order chi connectivity index (χ1) is 14.7. The summed E-state index contributed by atoms with van der Waals surface area (Å²) in [5, 5.41) is 7.57. The van der Waals surface area contributed by atoms with E-state index in [1.165, 1.54) is 15.7 Å². The quantitative estimate of drug-likeness (QED) is 0.221. The van der Waals surface area contributed by atoms with Gasteiger partial charge in [0.15, 0.2) is 0 Å². The highest BCUT2D eigenvalue weighted by Crippen LogP contribution is 2.28. The van der Waals surface area contributed by atoms with Crippen molar-refractivity contribution in [2.24, 2.45) is 0 Å². The van der Waals surface area contributed by atoms with Crippen LogP contribution in [0.3, 0.4) is 0 Å². The standard InChI is InChI=1S/C24H23Cl2N3S/c25-20-7-9-22(23(26)15-20)24(16-29-12-11-27-17-29)28-10-3-13-30-21-8-6-18-4-1-2-5-19(18)14-21/h1-2,4-9,11-12,14-15,17,24,28H,3,10,13,16H2. The zero-order chi connectivity index (χ0) is 20.8. The summed E-state index contributed by atoms with van der Waals surface area (Å²) in [5.41, 5.74) is 1.05. The van der Waals surface area contributed by atoms with Crippen molar-refractivity contribution >= 4 is 45.7 Å². The van der Waals surface area contributed by atoms with Gasteiger partial charge in [0, 0.05) is 33.9 Å². The molecule has 154 valence electrons. The summed E-state index contributed by atoms with van der Waals surface area (Å²) in [6.07, 6.45) is 6.64. The Morgan fingerprint density at radius 3 is 2.67 bits per heavy atom. The molecule has 0 aliphatic carbocycles. The maximum atomic E-state index is 6.48. The Labute approximate surface area is 191 Å². The summed E-state index contributed by atoms with van der Waals surface area (Å²) in [4.78, 5) is 5.46. The lowest BCUT2D eigenvalue weighted by atomic mass is 10.1. The van der Waals surface area contributed by atoms with Crippen LogP contribution in [0.1, 0.15) is 18.0 Å². The zero-order valence-electron chi connectivity index (χ0n) is 16.5. The monoisotopic (exact) mass is 455 g/mol. The molecule has 0 saturated heterocycles. The second-order valence-corrected chi connectivity index (χ2v) is 9.15. The summed E-state index contributed by atoms with van der Waals surface area (Å²) in [7, 11) is 0. The molecular formula is C24H23Cl2N3S. The molecule has 3 aromatic carbocycles. The van der Waals surface area contributed by atoms with Crippen molar-refractivity contribution < 1.29 is 0 Å². The van der Waals surface area contributed by atoms with Crippen molar-refractivity contribution in [2.75, 3.05) is 12.3 Å². The average Bonchev–Trinajstić information content (AvgIpc) is 3.26. The molecule has 1 aromatic heterocycles. The van der Waals surface area contributed by atoms with Gasteiger partial charge in [0.05, 0.1) is 12.4 Å². The van der Waals surface area contributed by atoms with Gasteiger partial charge in [-0.2, -0.15) is 0 Å². The maximum absolute atomic E-state index is 6.48. The van der Waals surface area contributed by atoms with Crippen LogP contribution in [0.4, 0.5) is 0 Å². The lowest BCUT2D eigenvalue weighted by Gasteiger charge is -2.21. The van der Waals surface area contributed by atoms with Crippen LogP contribution in [0, 0.1) is 0 Å². The fourth-order valence-corrected chi connectivity index (χ4v) is 4.90. The van der Waals surface area contributed by atoms with Crippen LogP contribution in [0.2, 0.25) is 10.0 Å². The molecule has 6 heteroatoms. The minimum absolute atomic E-state index is 0.0923. The summed E-state index contributed by atoms with van der Waals surface area (Å²) in [5.74, 6) is 1.05. The van der Waals surface area contributed by atoms with Crippen LogP contribution in [-0.2, 0) is 6.54 Å². The van der Waals surface area contributed by atoms with Crippen LogP contribution in [0.15, 0.2) is 84.3 Å². The molecule has 1 N–H and O–H groups in total. The Bertz CT molecular complexity index is 1100. The molecule has 1 atom stereocenters. The van der Waals surface area contributed by atoms with Crippen molar-refractivity contribution in [3.05, 3.63) is 95.0 Å². The maximum Gasteiger partial charge on any atom is 0.0946 e. The van der Waals surface area contributed by atoms with Crippen molar-refractivity contribution in [2.45, 2.75) is 23.9 Å². The minimum atomic E-state index is 0.0923. The van der Waals surface area contributed by atoms with E-state index in [4.69, 9.17) is 23.2 Å². The molecule has 0 aliphatic heterocycles. The number of hydrogen-bond acceptors (Lipinski definition) is 3. The van der Waals surface area contributed by atoms with Crippen LogP contribution < -0.4 is 5.32 Å². The molecule has 0 spiro atoms. The van der Waals surface area contributed by atoms with Crippen molar-refractivity contribution in [3.63, 3.8) is 0 Å². The van der Waals surface area contributed by atoms with Crippen molar-refractivity contribution in [1.82, 2.24) is 14.9 Å². The third-order valence-corrected chi connectivity index (χ3v) is 6.63. The minimum Gasteiger partial charge on any atom is -0.336 e. The first-order valence-electron chi connectivity index (χ1n) is 9.95. The molecule has 30 heavy (non-hydrogen) atoms. The van der Waals surface area contributed by atoms with Gasteiger partial charge in [-0.25, -0.2) is 4.98 Å². The largest absolute Gasteiger partial charge is 0.336 e. The topological polar surface area (TPSA) is 29.9 Å². The molecule has 0 radical (unpaired) electrons. The molecular weight excluding hydrogens is 433 g/mol. The van der Waals surface area contributed by atoms with Crippen LogP contribution in [0.25, 0.3) is 10.8 Å². The van der Waals surface area contributed by atoms with E-state index in [9.17, 15) is 0 Å². The van der Waals surface area contributed by atoms with E-state index < -0.39 is 0 Å². The molecule has 1 heterocycles. The number of rotatable bonds is 9. The Morgan fingerprint density at radius 2 is 1.87 bits per heavy atom. The average molecular weight is 456 g/mol. The van der Waals surface area contributed by atoms with Gasteiger partial charge in [-0.3, -0.25) is 0 Å². The normalized spacial score (nSPS) is 12.3. The Balaban J connectivity index is 1.33. The molecule has 4 aromatic rings. The van der Waals surface area contributed by atoms with E-state index in [2.05, 4.69) is 57.3 Å². The van der Waals surface area contributed by atoms with Crippen LogP contribution in [0.5, 0.6) is 0 Å². The molecule has 0 fully saturated rings. The second kappa shape index (κ2) is 10.4. The molecule has 0 saturated carbocycles. The molecule has 0 bridgehead atoms. The van der Waals surface area contributed by atoms with Gasteiger partial charge in [-0.1, -0.05) is 59.6 Å². The molecule has 1 unspecified atom stereocenters. The SMILES string of the molecule is Clc1ccc(C(Cn2ccnc2)NCCCSc2ccc3ccccc3c2)c(Cl)c1. The smallest absolute Gasteiger partial charge is 0.0946 e.